The zero-order valence-corrected chi connectivity index (χ0v) is 12.2. The first kappa shape index (κ1) is 13.8. The van der Waals surface area contributed by atoms with Crippen LogP contribution in [0, 0.1) is 5.41 Å². The molecule has 0 aromatic rings. The zero-order chi connectivity index (χ0) is 13.4. The van der Waals surface area contributed by atoms with E-state index < -0.39 is 5.79 Å². The second-order valence-electron chi connectivity index (χ2n) is 6.72. The summed E-state index contributed by atoms with van der Waals surface area (Å²) in [5, 5.41) is 0. The highest BCUT2D eigenvalue weighted by Gasteiger charge is 2.33. The number of allylic oxidation sites excluding steroid dienone is 1. The fraction of sp³-hybridized carbons (Fsp3) is 0.800. The van der Waals surface area contributed by atoms with Crippen molar-refractivity contribution in [3.8, 4) is 0 Å². The molecule has 2 rings (SSSR count). The molecule has 2 aliphatic rings. The molecule has 18 heavy (non-hydrogen) atoms. The van der Waals surface area contributed by atoms with E-state index in [0.29, 0.717) is 6.61 Å². The Labute approximate surface area is 110 Å². The van der Waals surface area contributed by atoms with Gasteiger partial charge in [0, 0.05) is 17.7 Å². The predicted octanol–water partition coefficient (Wildman–Crippen LogP) is 3.35. The minimum absolute atomic E-state index is 0.137. The number of dihydropyridines is 1. The molecule has 1 saturated heterocycles. The van der Waals surface area contributed by atoms with Gasteiger partial charge in [0.2, 0.25) is 0 Å². The molecule has 0 bridgehead atoms. The molecule has 2 aliphatic heterocycles. The molecular formula is C15H25NO2. The number of ether oxygens (including phenoxy) is 2. The number of rotatable bonds is 2. The molecule has 3 nitrogen and oxygen atoms in total. The minimum atomic E-state index is -0.416. The Hall–Kier alpha value is -0.670. The average Bonchev–Trinajstić information content (AvgIpc) is 2.57. The quantitative estimate of drug-likeness (QED) is 0.753. The summed E-state index contributed by atoms with van der Waals surface area (Å²) in [6.07, 6.45) is 4.49. The Bertz CT molecular complexity index is 374. The van der Waals surface area contributed by atoms with Crippen LogP contribution in [-0.4, -0.2) is 30.8 Å². The van der Waals surface area contributed by atoms with Crippen LogP contribution in [-0.2, 0) is 9.47 Å². The van der Waals surface area contributed by atoms with Crippen LogP contribution in [0.4, 0.5) is 0 Å². The summed E-state index contributed by atoms with van der Waals surface area (Å²) in [6.45, 7) is 12.2. The Kier molecular flexibility index (Phi) is 3.65. The SMILES string of the molecule is CC1(C)OC[C@@H](CC2=CC(C(C)(C)C)=NCC2)O1. The monoisotopic (exact) mass is 251 g/mol. The van der Waals surface area contributed by atoms with Gasteiger partial charge in [-0.25, -0.2) is 0 Å². The molecule has 0 spiro atoms. The van der Waals surface area contributed by atoms with Crippen molar-refractivity contribution in [1.29, 1.82) is 0 Å². The highest BCUT2D eigenvalue weighted by atomic mass is 16.7. The molecule has 0 saturated carbocycles. The van der Waals surface area contributed by atoms with Crippen molar-refractivity contribution in [1.82, 2.24) is 0 Å². The van der Waals surface area contributed by atoms with Crippen LogP contribution < -0.4 is 0 Å². The van der Waals surface area contributed by atoms with E-state index in [9.17, 15) is 0 Å². The van der Waals surface area contributed by atoms with Crippen LogP contribution in [0.2, 0.25) is 0 Å². The smallest absolute Gasteiger partial charge is 0.163 e. The first-order chi connectivity index (χ1) is 8.26. The van der Waals surface area contributed by atoms with Gasteiger partial charge in [-0.05, 0) is 32.8 Å². The normalized spacial score (nSPS) is 27.9. The van der Waals surface area contributed by atoms with Gasteiger partial charge >= 0.3 is 0 Å². The molecular weight excluding hydrogens is 226 g/mol. The Morgan fingerprint density at radius 3 is 2.67 bits per heavy atom. The third kappa shape index (κ3) is 3.42. The topological polar surface area (TPSA) is 30.8 Å². The summed E-state index contributed by atoms with van der Waals surface area (Å²) in [6, 6.07) is 0. The van der Waals surface area contributed by atoms with Crippen molar-refractivity contribution in [2.45, 2.75) is 59.4 Å². The van der Waals surface area contributed by atoms with E-state index in [1.54, 1.807) is 0 Å². The molecule has 102 valence electrons. The van der Waals surface area contributed by atoms with Crippen LogP contribution >= 0.6 is 0 Å². The number of nitrogens with zero attached hydrogens (tertiary/aromatic N) is 1. The van der Waals surface area contributed by atoms with E-state index in [1.807, 2.05) is 13.8 Å². The standard InChI is InChI=1S/C15H25NO2/c1-14(2,3)13-9-11(6-7-16-13)8-12-10-17-15(4,5)18-12/h9,12H,6-8,10H2,1-5H3/t12-/m1/s1. The van der Waals surface area contributed by atoms with E-state index in [0.717, 1.165) is 19.4 Å². The van der Waals surface area contributed by atoms with Gasteiger partial charge in [0.05, 0.1) is 12.7 Å². The maximum absolute atomic E-state index is 5.87. The third-order valence-electron chi connectivity index (χ3n) is 3.38. The summed E-state index contributed by atoms with van der Waals surface area (Å²) < 4.78 is 11.5. The molecule has 0 aromatic carbocycles. The molecule has 0 radical (unpaired) electrons. The van der Waals surface area contributed by atoms with Crippen molar-refractivity contribution in [2.24, 2.45) is 10.4 Å². The molecule has 0 amide bonds. The van der Waals surface area contributed by atoms with E-state index >= 15 is 0 Å². The van der Waals surface area contributed by atoms with Crippen molar-refractivity contribution in [2.75, 3.05) is 13.2 Å². The van der Waals surface area contributed by atoms with Crippen molar-refractivity contribution >= 4 is 5.71 Å². The average molecular weight is 251 g/mol. The van der Waals surface area contributed by atoms with Crippen LogP contribution in [0.3, 0.4) is 0 Å². The van der Waals surface area contributed by atoms with Crippen LogP contribution in [0.15, 0.2) is 16.6 Å². The molecule has 0 N–H and O–H groups in total. The molecule has 0 unspecified atom stereocenters. The lowest BCUT2D eigenvalue weighted by Gasteiger charge is -2.24. The maximum atomic E-state index is 5.87. The molecule has 1 fully saturated rings. The largest absolute Gasteiger partial charge is 0.348 e. The third-order valence-corrected chi connectivity index (χ3v) is 3.38. The predicted molar refractivity (Wildman–Crippen MR) is 74.0 cm³/mol. The van der Waals surface area contributed by atoms with E-state index in [4.69, 9.17) is 9.47 Å². The fourth-order valence-corrected chi connectivity index (χ4v) is 2.40. The number of aliphatic imine (C=N–C) groups is 1. The first-order valence-corrected chi connectivity index (χ1v) is 6.82. The van der Waals surface area contributed by atoms with Crippen LogP contribution in [0.25, 0.3) is 0 Å². The van der Waals surface area contributed by atoms with Crippen LogP contribution in [0.5, 0.6) is 0 Å². The zero-order valence-electron chi connectivity index (χ0n) is 12.2. The maximum Gasteiger partial charge on any atom is 0.163 e. The Morgan fingerprint density at radius 1 is 1.39 bits per heavy atom. The van der Waals surface area contributed by atoms with E-state index in [-0.39, 0.29) is 11.5 Å². The molecule has 1 atom stereocenters. The fourth-order valence-electron chi connectivity index (χ4n) is 2.40. The van der Waals surface area contributed by atoms with Crippen molar-refractivity contribution < 1.29 is 9.47 Å². The van der Waals surface area contributed by atoms with Gasteiger partial charge in [0.15, 0.2) is 5.79 Å². The minimum Gasteiger partial charge on any atom is -0.348 e. The van der Waals surface area contributed by atoms with Gasteiger partial charge in [0.25, 0.3) is 0 Å². The van der Waals surface area contributed by atoms with Gasteiger partial charge in [0.1, 0.15) is 0 Å². The summed E-state index contributed by atoms with van der Waals surface area (Å²) >= 11 is 0. The summed E-state index contributed by atoms with van der Waals surface area (Å²) in [5.41, 5.74) is 2.79. The van der Waals surface area contributed by atoms with Gasteiger partial charge in [-0.3, -0.25) is 4.99 Å². The lowest BCUT2D eigenvalue weighted by molar-refractivity contribution is -0.138. The molecule has 3 heteroatoms. The number of hydrogen-bond donors (Lipinski definition) is 0. The van der Waals surface area contributed by atoms with Gasteiger partial charge in [-0.1, -0.05) is 26.3 Å². The summed E-state index contributed by atoms with van der Waals surface area (Å²) in [4.78, 5) is 4.62. The van der Waals surface area contributed by atoms with E-state index in [2.05, 4.69) is 31.8 Å². The molecule has 0 aromatic heterocycles. The van der Waals surface area contributed by atoms with Crippen molar-refractivity contribution in [3.63, 3.8) is 0 Å². The van der Waals surface area contributed by atoms with Gasteiger partial charge < -0.3 is 9.47 Å². The van der Waals surface area contributed by atoms with Crippen LogP contribution in [0.1, 0.15) is 47.5 Å². The Balaban J connectivity index is 1.99. The second kappa shape index (κ2) is 4.78. The van der Waals surface area contributed by atoms with Gasteiger partial charge in [-0.15, -0.1) is 0 Å². The Morgan fingerprint density at radius 2 is 2.11 bits per heavy atom. The number of hydrogen-bond acceptors (Lipinski definition) is 3. The summed E-state index contributed by atoms with van der Waals surface area (Å²) in [7, 11) is 0. The first-order valence-electron chi connectivity index (χ1n) is 6.82. The highest BCUT2D eigenvalue weighted by molar-refractivity contribution is 6.00. The van der Waals surface area contributed by atoms with Gasteiger partial charge in [-0.2, -0.15) is 0 Å². The lowest BCUT2D eigenvalue weighted by atomic mass is 9.86. The molecule has 2 heterocycles. The second-order valence-corrected chi connectivity index (χ2v) is 6.72. The van der Waals surface area contributed by atoms with E-state index in [1.165, 1.54) is 11.3 Å². The lowest BCUT2D eigenvalue weighted by Crippen LogP contribution is -2.24. The van der Waals surface area contributed by atoms with Crippen molar-refractivity contribution in [3.05, 3.63) is 11.6 Å². The summed E-state index contributed by atoms with van der Waals surface area (Å²) in [5.74, 6) is -0.416. The molecule has 0 aliphatic carbocycles. The highest BCUT2D eigenvalue weighted by Crippen LogP contribution is 2.29.